The Hall–Kier alpha value is -2.01. The van der Waals surface area contributed by atoms with Gasteiger partial charge in [0, 0.05) is 12.7 Å². The zero-order valence-corrected chi connectivity index (χ0v) is 13.1. The zero-order chi connectivity index (χ0) is 17.3. The molecule has 1 aromatic carbocycles. The van der Waals surface area contributed by atoms with Gasteiger partial charge in [-0.2, -0.15) is 4.84 Å². The predicted molar refractivity (Wildman–Crippen MR) is 79.6 cm³/mol. The maximum absolute atomic E-state index is 12.7. The molecule has 1 saturated heterocycles. The summed E-state index contributed by atoms with van der Waals surface area (Å²) in [6.45, 7) is -0.992. The summed E-state index contributed by atoms with van der Waals surface area (Å²) < 4.78 is 23.5. The van der Waals surface area contributed by atoms with Crippen molar-refractivity contribution in [2.75, 3.05) is 24.3 Å². The highest BCUT2D eigenvalue weighted by atomic mass is 32.2. The number of sulfone groups is 1. The summed E-state index contributed by atoms with van der Waals surface area (Å²) in [6.07, 6.45) is 0.707. The van der Waals surface area contributed by atoms with Gasteiger partial charge < -0.3 is 10.3 Å². The first kappa shape index (κ1) is 17.3. The van der Waals surface area contributed by atoms with Gasteiger partial charge in [0.25, 0.3) is 0 Å². The molecule has 1 aliphatic heterocycles. The van der Waals surface area contributed by atoms with E-state index >= 15 is 0 Å². The van der Waals surface area contributed by atoms with Crippen LogP contribution in [0.1, 0.15) is 6.42 Å². The molecule has 2 rings (SSSR count). The van der Waals surface area contributed by atoms with Crippen LogP contribution >= 0.6 is 0 Å². The molecule has 1 heterocycles. The molecule has 0 saturated carbocycles. The minimum absolute atomic E-state index is 0.135. The lowest BCUT2D eigenvalue weighted by Gasteiger charge is -2.38. The van der Waals surface area contributed by atoms with Crippen LogP contribution in [0.5, 0.6) is 0 Å². The van der Waals surface area contributed by atoms with E-state index in [1.165, 1.54) is 12.1 Å². The Bertz CT molecular complexity index is 706. The number of carbonyl (C=O) groups is 2. The SMILES string of the molecule is CS(=O)(=O)C1CCO[N+]1([O-])C(=O)N(CC(=O)O)c1ccccc1. The molecule has 1 aliphatic rings. The molecule has 1 aromatic rings. The first-order valence-electron chi connectivity index (χ1n) is 6.68. The van der Waals surface area contributed by atoms with Crippen LogP contribution in [0.4, 0.5) is 10.5 Å². The van der Waals surface area contributed by atoms with Gasteiger partial charge in [0.05, 0.1) is 5.69 Å². The largest absolute Gasteiger partial charge is 0.588 e. The summed E-state index contributed by atoms with van der Waals surface area (Å²) in [5, 5.41) is 20.1. The Morgan fingerprint density at radius 1 is 1.39 bits per heavy atom. The summed E-state index contributed by atoms with van der Waals surface area (Å²) in [6, 6.07) is 6.38. The van der Waals surface area contributed by atoms with Crippen molar-refractivity contribution in [3.63, 3.8) is 0 Å². The van der Waals surface area contributed by atoms with Crippen molar-refractivity contribution in [3.05, 3.63) is 35.5 Å². The third kappa shape index (κ3) is 3.50. The number of hydroxylamine groups is 4. The molecular formula is C13H16N2O7S. The van der Waals surface area contributed by atoms with Crippen LogP contribution in [0.25, 0.3) is 0 Å². The van der Waals surface area contributed by atoms with E-state index in [4.69, 9.17) is 9.94 Å². The number of hydrogen-bond donors (Lipinski definition) is 1. The van der Waals surface area contributed by atoms with E-state index in [1.54, 1.807) is 18.2 Å². The molecular weight excluding hydrogens is 328 g/mol. The van der Waals surface area contributed by atoms with Crippen LogP contribution in [-0.4, -0.2) is 55.1 Å². The smallest absolute Gasteiger partial charge is 0.458 e. The fourth-order valence-corrected chi connectivity index (χ4v) is 3.55. The van der Waals surface area contributed by atoms with Crippen molar-refractivity contribution < 1.29 is 32.8 Å². The number of para-hydroxylation sites is 1. The van der Waals surface area contributed by atoms with E-state index in [9.17, 15) is 23.2 Å². The maximum Gasteiger partial charge on any atom is 0.458 e. The lowest BCUT2D eigenvalue weighted by atomic mass is 10.3. The number of aliphatic carboxylic acids is 1. The summed E-state index contributed by atoms with van der Waals surface area (Å²) in [4.78, 5) is 27.1. The normalized spacial score (nSPS) is 24.3. The maximum atomic E-state index is 12.7. The van der Waals surface area contributed by atoms with Crippen molar-refractivity contribution in [1.82, 2.24) is 0 Å². The van der Waals surface area contributed by atoms with Crippen molar-refractivity contribution in [3.8, 4) is 0 Å². The average molecular weight is 344 g/mol. The zero-order valence-electron chi connectivity index (χ0n) is 12.3. The van der Waals surface area contributed by atoms with Crippen LogP contribution in [0.3, 0.4) is 0 Å². The van der Waals surface area contributed by atoms with Gasteiger partial charge in [-0.3, -0.25) is 4.79 Å². The second-order valence-electron chi connectivity index (χ2n) is 5.10. The van der Waals surface area contributed by atoms with Gasteiger partial charge in [-0.15, -0.1) is 4.81 Å². The molecule has 0 radical (unpaired) electrons. The van der Waals surface area contributed by atoms with E-state index in [1.807, 2.05) is 0 Å². The first-order chi connectivity index (χ1) is 10.7. The van der Waals surface area contributed by atoms with Gasteiger partial charge in [0.15, 0.2) is 0 Å². The molecule has 126 valence electrons. The molecule has 2 unspecified atom stereocenters. The third-order valence-corrected chi connectivity index (χ3v) is 4.88. The lowest BCUT2D eigenvalue weighted by Crippen LogP contribution is -2.59. The second kappa shape index (κ2) is 6.24. The fourth-order valence-electron chi connectivity index (χ4n) is 2.37. The Labute approximate surface area is 132 Å². The van der Waals surface area contributed by atoms with Crippen LogP contribution in [0, 0.1) is 5.21 Å². The average Bonchev–Trinajstić information content (AvgIpc) is 2.88. The first-order valence-corrected chi connectivity index (χ1v) is 8.64. The van der Waals surface area contributed by atoms with Crippen molar-refractivity contribution in [2.24, 2.45) is 0 Å². The fraction of sp³-hybridized carbons (Fsp3) is 0.385. The highest BCUT2D eigenvalue weighted by molar-refractivity contribution is 7.91. The summed E-state index contributed by atoms with van der Waals surface area (Å²) in [5.74, 6) is -1.34. The topological polar surface area (TPSA) is 124 Å². The third-order valence-electron chi connectivity index (χ3n) is 3.38. The summed E-state index contributed by atoms with van der Waals surface area (Å²) >= 11 is 0. The van der Waals surface area contributed by atoms with Crippen LogP contribution in [0.2, 0.25) is 0 Å². The molecule has 0 aliphatic carbocycles. The van der Waals surface area contributed by atoms with Gasteiger partial charge in [-0.25, -0.2) is 18.1 Å². The van der Waals surface area contributed by atoms with E-state index < -0.39 is 38.6 Å². The Kier molecular flexibility index (Phi) is 4.71. The molecule has 2 atom stereocenters. The summed E-state index contributed by atoms with van der Waals surface area (Å²) in [5.41, 5.74) is 0.163. The number of hydrogen-bond acceptors (Lipinski definition) is 6. The minimum atomic E-state index is -3.86. The summed E-state index contributed by atoms with van der Waals surface area (Å²) in [7, 11) is -3.86. The number of benzene rings is 1. The molecule has 9 nitrogen and oxygen atoms in total. The second-order valence-corrected chi connectivity index (χ2v) is 7.30. The monoisotopic (exact) mass is 344 g/mol. The van der Waals surface area contributed by atoms with Crippen LogP contribution < -0.4 is 4.90 Å². The number of carbonyl (C=O) groups excluding carboxylic acids is 1. The van der Waals surface area contributed by atoms with Crippen molar-refractivity contribution in [1.29, 1.82) is 0 Å². The predicted octanol–water partition coefficient (Wildman–Crippen LogP) is 0.718. The number of quaternary nitrogens is 1. The highest BCUT2D eigenvalue weighted by Gasteiger charge is 2.52. The van der Waals surface area contributed by atoms with E-state index in [0.717, 1.165) is 6.26 Å². The van der Waals surface area contributed by atoms with Crippen LogP contribution in [-0.2, 0) is 19.5 Å². The molecule has 2 amide bonds. The molecule has 0 bridgehead atoms. The van der Waals surface area contributed by atoms with Gasteiger partial charge in [-0.05, 0) is 12.1 Å². The standard InChI is InChI=1S/C13H16N2O7S/c1-23(20,21)11-7-8-22-15(11,19)13(18)14(9-12(16)17)10-5-3-2-4-6-10/h2-6,11H,7-9H2,1H3,(H,16,17). The molecule has 0 spiro atoms. The highest BCUT2D eigenvalue weighted by Crippen LogP contribution is 2.31. The number of urea groups is 1. The lowest BCUT2D eigenvalue weighted by molar-refractivity contribution is -0.992. The van der Waals surface area contributed by atoms with E-state index in [2.05, 4.69) is 0 Å². The Morgan fingerprint density at radius 2 is 2.00 bits per heavy atom. The van der Waals surface area contributed by atoms with Crippen LogP contribution in [0.15, 0.2) is 30.3 Å². The quantitative estimate of drug-likeness (QED) is 0.630. The van der Waals surface area contributed by atoms with E-state index in [-0.39, 0.29) is 18.7 Å². The Morgan fingerprint density at radius 3 is 2.52 bits per heavy atom. The van der Waals surface area contributed by atoms with Gasteiger partial charge in [0.2, 0.25) is 15.2 Å². The molecule has 10 heteroatoms. The van der Waals surface area contributed by atoms with Crippen molar-refractivity contribution in [2.45, 2.75) is 11.8 Å². The number of amides is 2. The molecule has 1 N–H and O–H groups in total. The molecule has 0 aromatic heterocycles. The van der Waals surface area contributed by atoms with Crippen molar-refractivity contribution >= 4 is 27.5 Å². The van der Waals surface area contributed by atoms with Gasteiger partial charge in [-0.1, -0.05) is 18.2 Å². The molecule has 1 fully saturated rings. The van der Waals surface area contributed by atoms with E-state index in [0.29, 0.717) is 4.90 Å². The minimum Gasteiger partial charge on any atom is -0.588 e. The number of carboxylic acid groups (broad SMARTS) is 1. The molecule has 23 heavy (non-hydrogen) atoms. The van der Waals surface area contributed by atoms with Gasteiger partial charge in [0.1, 0.15) is 13.2 Å². The number of nitrogens with zero attached hydrogens (tertiary/aromatic N) is 2. The number of rotatable bonds is 4. The van der Waals surface area contributed by atoms with Gasteiger partial charge >= 0.3 is 12.0 Å². The number of carboxylic acids is 1. The Balaban J connectivity index is 2.42. The number of anilines is 1.